The minimum Gasteiger partial charge on any atom is -0.476 e. The van der Waals surface area contributed by atoms with E-state index in [0.717, 1.165) is 10.2 Å². The predicted octanol–water partition coefficient (Wildman–Crippen LogP) is 2.93. The molecule has 2 aromatic heterocycles. The summed E-state index contributed by atoms with van der Waals surface area (Å²) < 4.78 is 2.41. The van der Waals surface area contributed by atoms with Crippen LogP contribution in [0.3, 0.4) is 0 Å². The first-order valence-corrected chi connectivity index (χ1v) is 6.53. The van der Waals surface area contributed by atoms with Gasteiger partial charge < -0.3 is 10.4 Å². The van der Waals surface area contributed by atoms with Crippen LogP contribution in [0.5, 0.6) is 0 Å². The van der Waals surface area contributed by atoms with Gasteiger partial charge in [-0.05, 0) is 24.3 Å². The summed E-state index contributed by atoms with van der Waals surface area (Å²) in [7, 11) is 0. The predicted molar refractivity (Wildman–Crippen MR) is 77.4 cm³/mol. The van der Waals surface area contributed by atoms with Crippen LogP contribution in [-0.2, 0) is 0 Å². The number of hydrogen-bond acceptors (Lipinski definition) is 4. The van der Waals surface area contributed by atoms with E-state index in [1.54, 1.807) is 12.3 Å². The third kappa shape index (κ3) is 2.35. The summed E-state index contributed by atoms with van der Waals surface area (Å²) in [5.74, 6) is -0.440. The van der Waals surface area contributed by atoms with Crippen molar-refractivity contribution in [2.24, 2.45) is 0 Å². The summed E-state index contributed by atoms with van der Waals surface area (Å²) >= 11 is 3.40. The van der Waals surface area contributed by atoms with Crippen LogP contribution in [0.4, 0.5) is 11.5 Å². The number of halogens is 1. The standard InChI is InChI=1S/C13H9BrN4O2/c14-8-2-1-3-9(6-8)16-11-4-5-15-12-7-10(13(19)20)17-18(11)12/h1-7,16H,(H,19,20). The molecule has 7 heteroatoms. The molecule has 0 fully saturated rings. The van der Waals surface area contributed by atoms with E-state index < -0.39 is 5.97 Å². The molecule has 0 amide bonds. The molecule has 6 nitrogen and oxygen atoms in total. The Morgan fingerprint density at radius 3 is 2.90 bits per heavy atom. The quantitative estimate of drug-likeness (QED) is 0.770. The van der Waals surface area contributed by atoms with E-state index in [-0.39, 0.29) is 5.69 Å². The maximum Gasteiger partial charge on any atom is 0.356 e. The number of anilines is 2. The zero-order valence-electron chi connectivity index (χ0n) is 10.1. The number of fused-ring (bicyclic) bond motifs is 1. The van der Waals surface area contributed by atoms with Crippen molar-refractivity contribution >= 4 is 39.1 Å². The van der Waals surface area contributed by atoms with E-state index >= 15 is 0 Å². The lowest BCUT2D eigenvalue weighted by molar-refractivity contribution is 0.0690. The van der Waals surface area contributed by atoms with Crippen LogP contribution in [0.25, 0.3) is 5.65 Å². The molecular formula is C13H9BrN4O2. The molecule has 0 radical (unpaired) electrons. The minimum atomic E-state index is -1.08. The third-order valence-corrected chi connectivity index (χ3v) is 3.17. The second kappa shape index (κ2) is 4.93. The number of benzene rings is 1. The summed E-state index contributed by atoms with van der Waals surface area (Å²) in [5, 5.41) is 16.2. The lowest BCUT2D eigenvalue weighted by Crippen LogP contribution is -2.02. The van der Waals surface area contributed by atoms with Crippen LogP contribution >= 0.6 is 15.9 Å². The summed E-state index contributed by atoms with van der Waals surface area (Å²) in [4.78, 5) is 15.0. The zero-order valence-corrected chi connectivity index (χ0v) is 11.7. The number of carboxylic acid groups (broad SMARTS) is 1. The molecule has 2 heterocycles. The normalized spacial score (nSPS) is 10.7. The maximum absolute atomic E-state index is 11.0. The molecule has 3 aromatic rings. The van der Waals surface area contributed by atoms with Crippen molar-refractivity contribution in [2.75, 3.05) is 5.32 Å². The van der Waals surface area contributed by atoms with Gasteiger partial charge in [-0.1, -0.05) is 22.0 Å². The van der Waals surface area contributed by atoms with Crippen LogP contribution in [0.1, 0.15) is 10.5 Å². The van der Waals surface area contributed by atoms with Crippen molar-refractivity contribution in [1.82, 2.24) is 14.6 Å². The molecular weight excluding hydrogens is 324 g/mol. The average molecular weight is 333 g/mol. The van der Waals surface area contributed by atoms with Crippen LogP contribution in [-0.4, -0.2) is 25.7 Å². The molecule has 20 heavy (non-hydrogen) atoms. The van der Waals surface area contributed by atoms with Gasteiger partial charge in [0.15, 0.2) is 11.3 Å². The van der Waals surface area contributed by atoms with Gasteiger partial charge in [0.05, 0.1) is 0 Å². The van der Waals surface area contributed by atoms with Crippen molar-refractivity contribution in [1.29, 1.82) is 0 Å². The van der Waals surface area contributed by atoms with E-state index in [1.165, 1.54) is 10.6 Å². The highest BCUT2D eigenvalue weighted by molar-refractivity contribution is 9.10. The first-order valence-electron chi connectivity index (χ1n) is 5.74. The van der Waals surface area contributed by atoms with Gasteiger partial charge in [0.25, 0.3) is 0 Å². The van der Waals surface area contributed by atoms with Gasteiger partial charge >= 0.3 is 5.97 Å². The van der Waals surface area contributed by atoms with Crippen molar-refractivity contribution < 1.29 is 9.90 Å². The van der Waals surface area contributed by atoms with Gasteiger partial charge in [-0.25, -0.2) is 9.78 Å². The number of aromatic nitrogens is 3. The lowest BCUT2D eigenvalue weighted by atomic mass is 10.3. The number of rotatable bonds is 3. The van der Waals surface area contributed by atoms with Crippen LogP contribution in [0.2, 0.25) is 0 Å². The van der Waals surface area contributed by atoms with Gasteiger partial charge in [-0.3, -0.25) is 0 Å². The fourth-order valence-electron chi connectivity index (χ4n) is 1.81. The Morgan fingerprint density at radius 1 is 1.30 bits per heavy atom. The van der Waals surface area contributed by atoms with Crippen LogP contribution in [0.15, 0.2) is 47.1 Å². The van der Waals surface area contributed by atoms with E-state index in [9.17, 15) is 4.79 Å². The number of nitrogens with one attached hydrogen (secondary N) is 1. The van der Waals surface area contributed by atoms with Crippen LogP contribution < -0.4 is 5.32 Å². The third-order valence-electron chi connectivity index (χ3n) is 2.67. The van der Waals surface area contributed by atoms with Crippen LogP contribution in [0, 0.1) is 0 Å². The van der Waals surface area contributed by atoms with E-state index in [2.05, 4.69) is 31.3 Å². The monoisotopic (exact) mass is 332 g/mol. The fourth-order valence-corrected chi connectivity index (χ4v) is 2.21. The number of hydrogen-bond donors (Lipinski definition) is 2. The Morgan fingerprint density at radius 2 is 2.15 bits per heavy atom. The summed E-state index contributed by atoms with van der Waals surface area (Å²) in [5.41, 5.74) is 1.29. The van der Waals surface area contributed by atoms with Gasteiger partial charge in [0.2, 0.25) is 0 Å². The van der Waals surface area contributed by atoms with Gasteiger partial charge in [-0.2, -0.15) is 9.61 Å². The van der Waals surface area contributed by atoms with Gasteiger partial charge in [0.1, 0.15) is 5.82 Å². The molecule has 0 aliphatic rings. The number of nitrogens with zero attached hydrogens (tertiary/aromatic N) is 3. The second-order valence-electron chi connectivity index (χ2n) is 4.07. The van der Waals surface area contributed by atoms with E-state index in [1.807, 2.05) is 24.3 Å². The zero-order chi connectivity index (χ0) is 14.1. The lowest BCUT2D eigenvalue weighted by Gasteiger charge is -2.08. The van der Waals surface area contributed by atoms with Gasteiger partial charge in [-0.15, -0.1) is 0 Å². The Kier molecular flexibility index (Phi) is 3.11. The summed E-state index contributed by atoms with van der Waals surface area (Å²) in [6.07, 6.45) is 1.60. The van der Waals surface area contributed by atoms with Crippen molar-refractivity contribution in [3.05, 3.63) is 52.8 Å². The molecule has 100 valence electrons. The van der Waals surface area contributed by atoms with Crippen molar-refractivity contribution in [3.8, 4) is 0 Å². The first-order chi connectivity index (χ1) is 9.63. The molecule has 0 atom stereocenters. The van der Waals surface area contributed by atoms with E-state index in [0.29, 0.717) is 11.5 Å². The highest BCUT2D eigenvalue weighted by Crippen LogP contribution is 2.20. The number of carbonyl (C=O) groups is 1. The second-order valence-corrected chi connectivity index (χ2v) is 4.99. The topological polar surface area (TPSA) is 79.5 Å². The molecule has 0 saturated carbocycles. The Labute approximate surface area is 122 Å². The largest absolute Gasteiger partial charge is 0.476 e. The van der Waals surface area contributed by atoms with Crippen molar-refractivity contribution in [3.63, 3.8) is 0 Å². The first kappa shape index (κ1) is 12.6. The highest BCUT2D eigenvalue weighted by atomic mass is 79.9. The molecule has 0 bridgehead atoms. The molecule has 0 unspecified atom stereocenters. The van der Waals surface area contributed by atoms with E-state index in [4.69, 9.17) is 5.11 Å². The highest BCUT2D eigenvalue weighted by Gasteiger charge is 2.11. The molecule has 3 rings (SSSR count). The molecule has 2 N–H and O–H groups in total. The fraction of sp³-hybridized carbons (Fsp3) is 0. The smallest absolute Gasteiger partial charge is 0.356 e. The summed E-state index contributed by atoms with van der Waals surface area (Å²) in [6.45, 7) is 0. The molecule has 0 spiro atoms. The van der Waals surface area contributed by atoms with Crippen molar-refractivity contribution in [2.45, 2.75) is 0 Å². The Hall–Kier alpha value is -2.41. The SMILES string of the molecule is O=C(O)c1cc2nccc(Nc3cccc(Br)c3)n2n1. The number of carboxylic acids is 1. The Bertz CT molecular complexity index is 800. The van der Waals surface area contributed by atoms with Gasteiger partial charge in [0, 0.05) is 22.4 Å². The molecule has 0 saturated heterocycles. The maximum atomic E-state index is 11.0. The molecule has 0 aliphatic carbocycles. The molecule has 1 aromatic carbocycles. The average Bonchev–Trinajstić information content (AvgIpc) is 2.84. The Balaban J connectivity index is 2.05. The minimum absolute atomic E-state index is 0.0407. The number of aromatic carboxylic acids is 1. The molecule has 0 aliphatic heterocycles. The summed E-state index contributed by atoms with van der Waals surface area (Å²) in [6, 6.07) is 10.8.